The highest BCUT2D eigenvalue weighted by Gasteiger charge is 2.20. The maximum absolute atomic E-state index is 12.1. The van der Waals surface area contributed by atoms with Crippen molar-refractivity contribution in [3.05, 3.63) is 17.5 Å². The summed E-state index contributed by atoms with van der Waals surface area (Å²) in [5, 5.41) is 10.00. The molecular weight excluding hydrogens is 346 g/mol. The van der Waals surface area contributed by atoms with Crippen LogP contribution >= 0.6 is 11.3 Å². The Morgan fingerprint density at radius 1 is 1.23 bits per heavy atom. The van der Waals surface area contributed by atoms with Gasteiger partial charge in [0.1, 0.15) is 0 Å². The highest BCUT2D eigenvalue weighted by molar-refractivity contribution is 7.14. The smallest absolute Gasteiger partial charge is 0.221 e. The maximum Gasteiger partial charge on any atom is 0.221 e. The van der Waals surface area contributed by atoms with Gasteiger partial charge in [-0.05, 0) is 30.4 Å². The fourth-order valence-electron chi connectivity index (χ4n) is 3.76. The number of anilines is 1. The number of hydrogen-bond donors (Lipinski definition) is 2. The summed E-state index contributed by atoms with van der Waals surface area (Å²) in [7, 11) is 1.82. The minimum absolute atomic E-state index is 0.155. The SMILES string of the molecule is CN=C(NCCC(=O)NC1CCCCC1)N1CCN(c2cccs2)CC1. The standard InChI is InChI=1S/C19H31N5OS/c1-20-19(21-10-9-17(25)22-16-6-3-2-4-7-16)24-13-11-23(12-14-24)18-8-5-15-26-18/h5,8,15-16H,2-4,6-7,9-14H2,1H3,(H,20,21)(H,22,25). The molecule has 1 aromatic rings. The summed E-state index contributed by atoms with van der Waals surface area (Å²) in [5.74, 6) is 1.06. The van der Waals surface area contributed by atoms with E-state index in [-0.39, 0.29) is 5.91 Å². The van der Waals surface area contributed by atoms with Crippen LogP contribution in [-0.4, -0.2) is 62.6 Å². The Hall–Kier alpha value is -1.76. The fraction of sp³-hybridized carbons (Fsp3) is 0.684. The van der Waals surface area contributed by atoms with Crippen molar-refractivity contribution >= 4 is 28.2 Å². The van der Waals surface area contributed by atoms with Crippen LogP contribution < -0.4 is 15.5 Å². The zero-order valence-electron chi connectivity index (χ0n) is 15.7. The van der Waals surface area contributed by atoms with Crippen LogP contribution in [0.4, 0.5) is 5.00 Å². The van der Waals surface area contributed by atoms with Gasteiger partial charge in [-0.2, -0.15) is 0 Å². The molecule has 1 amide bonds. The molecule has 2 fully saturated rings. The van der Waals surface area contributed by atoms with E-state index in [4.69, 9.17) is 0 Å². The molecule has 26 heavy (non-hydrogen) atoms. The molecular formula is C19H31N5OS. The number of carbonyl (C=O) groups is 1. The Balaban J connectivity index is 1.36. The lowest BCUT2D eigenvalue weighted by molar-refractivity contribution is -0.121. The van der Waals surface area contributed by atoms with E-state index in [1.54, 1.807) is 11.3 Å². The van der Waals surface area contributed by atoms with Crippen LogP contribution in [-0.2, 0) is 4.79 Å². The summed E-state index contributed by atoms with van der Waals surface area (Å²) in [5.41, 5.74) is 0. The molecule has 2 heterocycles. The van der Waals surface area contributed by atoms with Crippen molar-refractivity contribution in [1.82, 2.24) is 15.5 Å². The Kier molecular flexibility index (Phi) is 7.17. The molecule has 1 aliphatic carbocycles. The van der Waals surface area contributed by atoms with Crippen LogP contribution in [0.15, 0.2) is 22.5 Å². The van der Waals surface area contributed by atoms with Crippen molar-refractivity contribution in [3.8, 4) is 0 Å². The van der Waals surface area contributed by atoms with Crippen molar-refractivity contribution in [2.24, 2.45) is 4.99 Å². The Morgan fingerprint density at radius 3 is 2.65 bits per heavy atom. The van der Waals surface area contributed by atoms with E-state index in [1.165, 1.54) is 24.3 Å². The van der Waals surface area contributed by atoms with Crippen molar-refractivity contribution in [1.29, 1.82) is 0 Å². The Morgan fingerprint density at radius 2 is 2.00 bits per heavy atom. The third kappa shape index (κ3) is 5.37. The number of guanidine groups is 1. The first-order valence-electron chi connectivity index (χ1n) is 9.79. The summed E-state index contributed by atoms with van der Waals surface area (Å²) in [6.07, 6.45) is 6.57. The number of thiophene rings is 1. The van der Waals surface area contributed by atoms with Crippen LogP contribution in [0.25, 0.3) is 0 Å². The van der Waals surface area contributed by atoms with E-state index in [0.29, 0.717) is 19.0 Å². The number of amides is 1. The summed E-state index contributed by atoms with van der Waals surface area (Å²) in [4.78, 5) is 21.2. The topological polar surface area (TPSA) is 60.0 Å². The number of carbonyl (C=O) groups excluding carboxylic acids is 1. The van der Waals surface area contributed by atoms with E-state index in [1.807, 2.05) is 7.05 Å². The average Bonchev–Trinajstić information content (AvgIpc) is 3.21. The lowest BCUT2D eigenvalue weighted by Gasteiger charge is -2.37. The van der Waals surface area contributed by atoms with Crippen molar-refractivity contribution in [2.75, 3.05) is 44.7 Å². The van der Waals surface area contributed by atoms with Gasteiger partial charge in [0.2, 0.25) is 5.91 Å². The highest BCUT2D eigenvalue weighted by atomic mass is 32.1. The first kappa shape index (κ1) is 19.0. The van der Waals surface area contributed by atoms with Gasteiger partial charge in [0.25, 0.3) is 0 Å². The molecule has 0 aromatic carbocycles. The number of aliphatic imine (C=N–C) groups is 1. The van der Waals surface area contributed by atoms with E-state index in [0.717, 1.165) is 45.0 Å². The monoisotopic (exact) mass is 377 g/mol. The van der Waals surface area contributed by atoms with Gasteiger partial charge in [0.15, 0.2) is 5.96 Å². The summed E-state index contributed by atoms with van der Waals surface area (Å²) in [6, 6.07) is 4.67. The third-order valence-corrected chi connectivity index (χ3v) is 6.14. The predicted molar refractivity (Wildman–Crippen MR) is 109 cm³/mol. The molecule has 6 nitrogen and oxygen atoms in total. The molecule has 2 aliphatic rings. The van der Waals surface area contributed by atoms with Gasteiger partial charge < -0.3 is 20.4 Å². The van der Waals surface area contributed by atoms with Crippen molar-refractivity contribution in [2.45, 2.75) is 44.6 Å². The molecule has 144 valence electrons. The number of nitrogens with one attached hydrogen (secondary N) is 2. The quantitative estimate of drug-likeness (QED) is 0.611. The summed E-state index contributed by atoms with van der Waals surface area (Å²) < 4.78 is 0. The van der Waals surface area contributed by atoms with E-state index >= 15 is 0 Å². The molecule has 0 unspecified atom stereocenters. The van der Waals surface area contributed by atoms with Gasteiger partial charge in [-0.25, -0.2) is 0 Å². The van der Waals surface area contributed by atoms with Crippen molar-refractivity contribution < 1.29 is 4.79 Å². The lowest BCUT2D eigenvalue weighted by atomic mass is 9.95. The normalized spacial score (nSPS) is 19.5. The number of hydrogen-bond acceptors (Lipinski definition) is 4. The first-order chi connectivity index (χ1) is 12.8. The third-order valence-electron chi connectivity index (χ3n) is 5.21. The number of nitrogens with zero attached hydrogens (tertiary/aromatic N) is 3. The van der Waals surface area contributed by atoms with E-state index in [9.17, 15) is 4.79 Å². The molecule has 2 N–H and O–H groups in total. The molecule has 0 bridgehead atoms. The van der Waals surface area contributed by atoms with Gasteiger partial charge in [-0.15, -0.1) is 11.3 Å². The average molecular weight is 378 g/mol. The minimum Gasteiger partial charge on any atom is -0.360 e. The van der Waals surface area contributed by atoms with Crippen LogP contribution in [0.1, 0.15) is 38.5 Å². The zero-order chi connectivity index (χ0) is 18.2. The van der Waals surface area contributed by atoms with E-state index < -0.39 is 0 Å². The molecule has 0 atom stereocenters. The second-order valence-electron chi connectivity index (χ2n) is 7.05. The van der Waals surface area contributed by atoms with Crippen molar-refractivity contribution in [3.63, 3.8) is 0 Å². The van der Waals surface area contributed by atoms with Gasteiger partial charge in [0.05, 0.1) is 5.00 Å². The second kappa shape index (κ2) is 9.80. The molecule has 1 aromatic heterocycles. The molecule has 1 saturated carbocycles. The van der Waals surface area contributed by atoms with E-state index in [2.05, 4.69) is 42.9 Å². The van der Waals surface area contributed by atoms with Crippen LogP contribution in [0.3, 0.4) is 0 Å². The fourth-order valence-corrected chi connectivity index (χ4v) is 4.54. The largest absolute Gasteiger partial charge is 0.360 e. The van der Waals surface area contributed by atoms with Gasteiger partial charge in [0, 0.05) is 52.2 Å². The maximum atomic E-state index is 12.1. The highest BCUT2D eigenvalue weighted by Crippen LogP contribution is 2.22. The molecule has 1 saturated heterocycles. The lowest BCUT2D eigenvalue weighted by Crippen LogP contribution is -2.52. The number of piperazine rings is 1. The summed E-state index contributed by atoms with van der Waals surface area (Å²) >= 11 is 1.79. The Bertz CT molecular complexity index is 575. The molecule has 0 spiro atoms. The molecule has 7 heteroatoms. The molecule has 0 radical (unpaired) electrons. The minimum atomic E-state index is 0.155. The summed E-state index contributed by atoms with van der Waals surface area (Å²) in [6.45, 7) is 4.54. The number of rotatable bonds is 5. The second-order valence-corrected chi connectivity index (χ2v) is 7.98. The van der Waals surface area contributed by atoms with Crippen LogP contribution in [0.5, 0.6) is 0 Å². The van der Waals surface area contributed by atoms with Gasteiger partial charge >= 0.3 is 0 Å². The van der Waals surface area contributed by atoms with Crippen LogP contribution in [0, 0.1) is 0 Å². The zero-order valence-corrected chi connectivity index (χ0v) is 16.6. The van der Waals surface area contributed by atoms with Crippen LogP contribution in [0.2, 0.25) is 0 Å². The Labute approximate surface area is 160 Å². The predicted octanol–water partition coefficient (Wildman–Crippen LogP) is 2.28. The molecule has 1 aliphatic heterocycles. The molecule has 3 rings (SSSR count). The first-order valence-corrected chi connectivity index (χ1v) is 10.7. The van der Waals surface area contributed by atoms with Gasteiger partial charge in [-0.1, -0.05) is 19.3 Å². The van der Waals surface area contributed by atoms with Gasteiger partial charge in [-0.3, -0.25) is 9.79 Å².